The van der Waals surface area contributed by atoms with Gasteiger partial charge in [0, 0.05) is 0 Å². The first-order chi connectivity index (χ1) is 5.22. The molecule has 11 heavy (non-hydrogen) atoms. The monoisotopic (exact) mass is 146 g/mol. The summed E-state index contributed by atoms with van der Waals surface area (Å²) in [6, 6.07) is 0. The van der Waals surface area contributed by atoms with Gasteiger partial charge < -0.3 is 0 Å². The van der Waals surface area contributed by atoms with Gasteiger partial charge in [0.25, 0.3) is 0 Å². The maximum Gasteiger partial charge on any atom is -0.0392 e. The zero-order valence-corrected chi connectivity index (χ0v) is 7.39. The summed E-state index contributed by atoms with van der Waals surface area (Å²) in [4.78, 5) is 0. The van der Waals surface area contributed by atoms with Crippen LogP contribution in [-0.2, 0) is 0 Å². The maximum atomic E-state index is 2.16. The van der Waals surface area contributed by atoms with Crippen molar-refractivity contribution in [3.05, 3.63) is 47.1 Å². The van der Waals surface area contributed by atoms with Crippen LogP contribution in [-0.4, -0.2) is 0 Å². The van der Waals surface area contributed by atoms with Crippen LogP contribution in [0.5, 0.6) is 0 Å². The Labute approximate surface area is 68.6 Å². The molecular weight excluding hydrogens is 132 g/mol. The molecule has 0 nitrogen and oxygen atoms in total. The van der Waals surface area contributed by atoms with Crippen LogP contribution in [0.2, 0.25) is 0 Å². The van der Waals surface area contributed by atoms with Crippen molar-refractivity contribution in [3.63, 3.8) is 0 Å². The van der Waals surface area contributed by atoms with Crippen molar-refractivity contribution in [1.29, 1.82) is 0 Å². The Morgan fingerprint density at radius 1 is 0.909 bits per heavy atom. The molecule has 0 aromatic rings. The van der Waals surface area contributed by atoms with Crippen molar-refractivity contribution >= 4 is 0 Å². The molecule has 0 aromatic heterocycles. The molecule has 0 N–H and O–H groups in total. The fraction of sp³-hybridized carbons (Fsp3) is 0.273. The molecule has 0 saturated carbocycles. The molecule has 0 unspecified atom stereocenters. The molecule has 0 aromatic carbocycles. The Kier molecular flexibility index (Phi) is 2.48. The standard InChI is InChI=1S/C11H14/c1-9-7-5-4-6-8-10(2)11(9)3/h4-8H,1-3H3/b5-4-,6-4?,7-5?,8-6-,9-7?,10-8?,11-9?,11-10?. The third-order valence-corrected chi connectivity index (χ3v) is 2.10. The lowest BCUT2D eigenvalue weighted by atomic mass is 10.0. The summed E-state index contributed by atoms with van der Waals surface area (Å²) >= 11 is 0. The highest BCUT2D eigenvalue weighted by Gasteiger charge is 1.95. The summed E-state index contributed by atoms with van der Waals surface area (Å²) in [6.45, 7) is 6.44. The van der Waals surface area contributed by atoms with Crippen LogP contribution in [0.25, 0.3) is 0 Å². The number of rotatable bonds is 0. The molecule has 1 aliphatic rings. The minimum atomic E-state index is 1.35. The second kappa shape index (κ2) is 3.38. The van der Waals surface area contributed by atoms with Gasteiger partial charge in [-0.3, -0.25) is 0 Å². The molecule has 0 saturated heterocycles. The van der Waals surface area contributed by atoms with E-state index >= 15 is 0 Å². The highest BCUT2D eigenvalue weighted by atomic mass is 14.0. The topological polar surface area (TPSA) is 0 Å². The van der Waals surface area contributed by atoms with Gasteiger partial charge in [-0.2, -0.15) is 0 Å². The zero-order chi connectivity index (χ0) is 8.27. The lowest BCUT2D eigenvalue weighted by Crippen LogP contribution is -1.84. The SMILES string of the molecule is CC1=C/C=C\C=C/C(C)=C1C. The van der Waals surface area contributed by atoms with Crippen molar-refractivity contribution in [2.75, 3.05) is 0 Å². The molecular formula is C11H14. The second-order valence-electron chi connectivity index (χ2n) is 2.90. The van der Waals surface area contributed by atoms with Crippen molar-refractivity contribution in [3.8, 4) is 0 Å². The van der Waals surface area contributed by atoms with E-state index in [1.165, 1.54) is 16.7 Å². The Morgan fingerprint density at radius 2 is 1.64 bits per heavy atom. The number of hydrogen-bond acceptors (Lipinski definition) is 0. The average Bonchev–Trinajstić information content (AvgIpc) is 2.00. The van der Waals surface area contributed by atoms with Crippen LogP contribution >= 0.6 is 0 Å². The van der Waals surface area contributed by atoms with Gasteiger partial charge in [0.05, 0.1) is 0 Å². The summed E-state index contributed by atoms with van der Waals surface area (Å²) in [5.74, 6) is 0. The van der Waals surface area contributed by atoms with Crippen LogP contribution in [0.3, 0.4) is 0 Å². The third kappa shape index (κ3) is 1.94. The van der Waals surface area contributed by atoms with Gasteiger partial charge in [0.15, 0.2) is 0 Å². The van der Waals surface area contributed by atoms with Crippen molar-refractivity contribution < 1.29 is 0 Å². The lowest BCUT2D eigenvalue weighted by Gasteiger charge is -2.04. The Hall–Kier alpha value is -1.04. The highest BCUT2D eigenvalue weighted by Crippen LogP contribution is 2.15. The Morgan fingerprint density at radius 3 is 2.36 bits per heavy atom. The summed E-state index contributed by atoms with van der Waals surface area (Å²) in [6.07, 6.45) is 10.5. The second-order valence-corrected chi connectivity index (χ2v) is 2.90. The predicted molar refractivity (Wildman–Crippen MR) is 50.4 cm³/mol. The molecule has 0 spiro atoms. The van der Waals surface area contributed by atoms with E-state index in [2.05, 4.69) is 51.2 Å². The van der Waals surface area contributed by atoms with E-state index in [0.717, 1.165) is 0 Å². The molecule has 0 atom stereocenters. The van der Waals surface area contributed by atoms with Gasteiger partial charge in [-0.15, -0.1) is 0 Å². The van der Waals surface area contributed by atoms with Gasteiger partial charge in [-0.25, -0.2) is 0 Å². The molecule has 0 heteroatoms. The average molecular weight is 146 g/mol. The summed E-state index contributed by atoms with van der Waals surface area (Å²) < 4.78 is 0. The van der Waals surface area contributed by atoms with Gasteiger partial charge in [0.1, 0.15) is 0 Å². The van der Waals surface area contributed by atoms with E-state index in [4.69, 9.17) is 0 Å². The molecule has 58 valence electrons. The van der Waals surface area contributed by atoms with E-state index in [1.807, 2.05) is 0 Å². The largest absolute Gasteiger partial charge is 0.0622 e. The fourth-order valence-corrected chi connectivity index (χ4v) is 1.02. The van der Waals surface area contributed by atoms with Crippen LogP contribution in [0, 0.1) is 0 Å². The molecule has 0 heterocycles. The minimum Gasteiger partial charge on any atom is -0.0622 e. The molecule has 1 aliphatic carbocycles. The van der Waals surface area contributed by atoms with E-state index in [1.54, 1.807) is 0 Å². The maximum absolute atomic E-state index is 2.16. The van der Waals surface area contributed by atoms with Gasteiger partial charge in [0.2, 0.25) is 0 Å². The summed E-state index contributed by atoms with van der Waals surface area (Å²) in [5, 5.41) is 0. The first-order valence-corrected chi connectivity index (χ1v) is 3.91. The van der Waals surface area contributed by atoms with Crippen LogP contribution < -0.4 is 0 Å². The Bertz CT molecular complexity index is 260. The summed E-state index contributed by atoms with van der Waals surface area (Å²) in [5.41, 5.74) is 4.08. The first kappa shape index (κ1) is 8.06. The number of hydrogen-bond donors (Lipinski definition) is 0. The minimum absolute atomic E-state index is 1.35. The molecule has 0 amide bonds. The fourth-order valence-electron chi connectivity index (χ4n) is 1.02. The van der Waals surface area contributed by atoms with Crippen LogP contribution in [0.4, 0.5) is 0 Å². The van der Waals surface area contributed by atoms with Gasteiger partial charge in [-0.1, -0.05) is 30.4 Å². The van der Waals surface area contributed by atoms with E-state index in [9.17, 15) is 0 Å². The molecule has 0 aliphatic heterocycles. The van der Waals surface area contributed by atoms with Crippen LogP contribution in [0.15, 0.2) is 47.1 Å². The lowest BCUT2D eigenvalue weighted by molar-refractivity contribution is 1.27. The van der Waals surface area contributed by atoms with Gasteiger partial charge >= 0.3 is 0 Å². The zero-order valence-electron chi connectivity index (χ0n) is 7.39. The molecule has 0 fully saturated rings. The third-order valence-electron chi connectivity index (χ3n) is 2.10. The quantitative estimate of drug-likeness (QED) is 0.491. The Balaban J connectivity index is 3.07. The molecule has 0 radical (unpaired) electrons. The normalized spacial score (nSPS) is 23.7. The van der Waals surface area contributed by atoms with E-state index in [-0.39, 0.29) is 0 Å². The summed E-state index contributed by atoms with van der Waals surface area (Å²) in [7, 11) is 0. The molecule has 0 bridgehead atoms. The van der Waals surface area contributed by atoms with Crippen molar-refractivity contribution in [2.45, 2.75) is 20.8 Å². The van der Waals surface area contributed by atoms with E-state index in [0.29, 0.717) is 0 Å². The van der Waals surface area contributed by atoms with Crippen molar-refractivity contribution in [1.82, 2.24) is 0 Å². The number of allylic oxidation sites excluding steroid dienone is 8. The first-order valence-electron chi connectivity index (χ1n) is 3.91. The predicted octanol–water partition coefficient (Wildman–Crippen LogP) is 3.40. The van der Waals surface area contributed by atoms with E-state index < -0.39 is 0 Å². The molecule has 1 rings (SSSR count). The van der Waals surface area contributed by atoms with Crippen molar-refractivity contribution in [2.24, 2.45) is 0 Å². The van der Waals surface area contributed by atoms with Crippen LogP contribution in [0.1, 0.15) is 20.8 Å². The smallest absolute Gasteiger partial charge is 0.0392 e. The van der Waals surface area contributed by atoms with Gasteiger partial charge in [-0.05, 0) is 37.5 Å². The highest BCUT2D eigenvalue weighted by molar-refractivity contribution is 5.41.